The smallest absolute Gasteiger partial charge is 0.324 e. The quantitative estimate of drug-likeness (QED) is 0.732. The van der Waals surface area contributed by atoms with Crippen molar-refractivity contribution in [1.29, 1.82) is 0 Å². The lowest BCUT2D eigenvalue weighted by atomic mass is 10.1. The molecule has 0 saturated heterocycles. The number of benzene rings is 1. The van der Waals surface area contributed by atoms with Crippen LogP contribution in [0.4, 0.5) is 0 Å². The largest absolute Gasteiger partial charge is 0.332 e. The molecule has 0 aliphatic carbocycles. The average Bonchev–Trinajstić information content (AvgIpc) is 2.94. The van der Waals surface area contributed by atoms with Crippen molar-refractivity contribution in [3.8, 4) is 0 Å². The zero-order valence-corrected chi connectivity index (χ0v) is 13.0. The number of halogens is 1. The first-order valence-corrected chi connectivity index (χ1v) is 7.22. The Hall–Kier alpha value is -2.34. The molecule has 0 atom stereocenters. The number of aryl methyl sites for hydroxylation is 3. The van der Waals surface area contributed by atoms with Crippen LogP contribution in [0.25, 0.3) is 11.2 Å². The molecule has 0 aliphatic heterocycles. The van der Waals surface area contributed by atoms with Crippen LogP contribution in [0, 0.1) is 0 Å². The SMILES string of the molecule is Cn1c(=O)c2c(ncn2CCc2ccccc2Cl)n(C)c1=O. The second-order valence-electron chi connectivity index (χ2n) is 5.16. The molecule has 0 spiro atoms. The monoisotopic (exact) mass is 318 g/mol. The van der Waals surface area contributed by atoms with Crippen LogP contribution in [0.2, 0.25) is 5.02 Å². The highest BCUT2D eigenvalue weighted by Gasteiger charge is 2.14. The van der Waals surface area contributed by atoms with Crippen molar-refractivity contribution < 1.29 is 0 Å². The van der Waals surface area contributed by atoms with Crippen molar-refractivity contribution in [3.05, 3.63) is 62.0 Å². The summed E-state index contributed by atoms with van der Waals surface area (Å²) >= 11 is 6.15. The third-order valence-electron chi connectivity index (χ3n) is 3.80. The first-order valence-electron chi connectivity index (χ1n) is 6.85. The van der Waals surface area contributed by atoms with Gasteiger partial charge in [-0.15, -0.1) is 0 Å². The Morgan fingerprint density at radius 3 is 2.59 bits per heavy atom. The Morgan fingerprint density at radius 1 is 1.14 bits per heavy atom. The van der Waals surface area contributed by atoms with Gasteiger partial charge in [0.1, 0.15) is 0 Å². The molecule has 7 heteroatoms. The molecule has 0 fully saturated rings. The molecular weight excluding hydrogens is 304 g/mol. The third kappa shape index (κ3) is 2.25. The van der Waals surface area contributed by atoms with Crippen molar-refractivity contribution in [3.63, 3.8) is 0 Å². The van der Waals surface area contributed by atoms with Gasteiger partial charge in [-0.25, -0.2) is 9.78 Å². The molecule has 0 N–H and O–H groups in total. The van der Waals surface area contributed by atoms with Crippen molar-refractivity contribution in [2.75, 3.05) is 0 Å². The van der Waals surface area contributed by atoms with Gasteiger partial charge in [0.15, 0.2) is 11.2 Å². The van der Waals surface area contributed by atoms with E-state index in [2.05, 4.69) is 4.98 Å². The molecule has 0 aliphatic rings. The van der Waals surface area contributed by atoms with E-state index in [1.54, 1.807) is 17.9 Å². The topological polar surface area (TPSA) is 61.8 Å². The summed E-state index contributed by atoms with van der Waals surface area (Å²) in [4.78, 5) is 28.4. The molecule has 114 valence electrons. The van der Waals surface area contributed by atoms with Gasteiger partial charge in [0.25, 0.3) is 5.56 Å². The van der Waals surface area contributed by atoms with Crippen LogP contribution in [-0.4, -0.2) is 18.7 Å². The molecule has 6 nitrogen and oxygen atoms in total. The Labute approximate surface area is 131 Å². The van der Waals surface area contributed by atoms with Crippen LogP contribution >= 0.6 is 11.6 Å². The molecule has 2 heterocycles. The van der Waals surface area contributed by atoms with Crippen LogP contribution < -0.4 is 11.2 Å². The summed E-state index contributed by atoms with van der Waals surface area (Å²) < 4.78 is 4.24. The maximum absolute atomic E-state index is 12.3. The Bertz CT molecular complexity index is 968. The summed E-state index contributed by atoms with van der Waals surface area (Å²) in [5.74, 6) is 0. The van der Waals surface area contributed by atoms with E-state index in [0.717, 1.165) is 10.1 Å². The van der Waals surface area contributed by atoms with Crippen LogP contribution in [0.15, 0.2) is 40.2 Å². The molecule has 2 aromatic heterocycles. The van der Waals surface area contributed by atoms with Crippen LogP contribution in [-0.2, 0) is 27.1 Å². The Kier molecular flexibility index (Phi) is 3.62. The minimum atomic E-state index is -0.381. The maximum Gasteiger partial charge on any atom is 0.332 e. The lowest BCUT2D eigenvalue weighted by Gasteiger charge is -2.07. The summed E-state index contributed by atoms with van der Waals surface area (Å²) in [7, 11) is 3.07. The average molecular weight is 319 g/mol. The van der Waals surface area contributed by atoms with E-state index in [9.17, 15) is 9.59 Å². The van der Waals surface area contributed by atoms with Crippen molar-refractivity contribution >= 4 is 22.8 Å². The molecule has 0 saturated carbocycles. The highest BCUT2D eigenvalue weighted by Crippen LogP contribution is 2.16. The molecule has 1 aromatic carbocycles. The van der Waals surface area contributed by atoms with Crippen LogP contribution in [0.1, 0.15) is 5.56 Å². The molecule has 3 rings (SSSR count). The van der Waals surface area contributed by atoms with E-state index in [4.69, 9.17) is 11.6 Å². The first kappa shape index (κ1) is 14.6. The van der Waals surface area contributed by atoms with Crippen molar-refractivity contribution in [2.45, 2.75) is 13.0 Å². The van der Waals surface area contributed by atoms with Crippen molar-refractivity contribution in [2.24, 2.45) is 14.1 Å². The summed E-state index contributed by atoms with van der Waals surface area (Å²) in [6.45, 7) is 0.563. The van der Waals surface area contributed by atoms with Crippen LogP contribution in [0.5, 0.6) is 0 Å². The van der Waals surface area contributed by atoms with Crippen molar-refractivity contribution in [1.82, 2.24) is 18.7 Å². The molecule has 3 aromatic rings. The van der Waals surface area contributed by atoms with Gasteiger partial charge in [0, 0.05) is 25.7 Å². The summed E-state index contributed by atoms with van der Waals surface area (Å²) in [5, 5.41) is 0.701. The Balaban J connectivity index is 2.05. The Morgan fingerprint density at radius 2 is 1.86 bits per heavy atom. The molecule has 0 bridgehead atoms. The van der Waals surface area contributed by atoms with E-state index in [1.165, 1.54) is 11.6 Å². The maximum atomic E-state index is 12.3. The van der Waals surface area contributed by atoms with E-state index in [0.29, 0.717) is 29.2 Å². The van der Waals surface area contributed by atoms with E-state index in [1.807, 2.05) is 24.3 Å². The van der Waals surface area contributed by atoms with Gasteiger partial charge in [-0.1, -0.05) is 29.8 Å². The number of fused-ring (bicyclic) bond motifs is 1. The number of hydrogen-bond acceptors (Lipinski definition) is 3. The number of aromatic nitrogens is 4. The van der Waals surface area contributed by atoms with Gasteiger partial charge in [-0.05, 0) is 18.1 Å². The second-order valence-corrected chi connectivity index (χ2v) is 5.56. The van der Waals surface area contributed by atoms with E-state index in [-0.39, 0.29) is 11.2 Å². The van der Waals surface area contributed by atoms with Gasteiger partial charge in [0.05, 0.1) is 6.33 Å². The molecule has 0 amide bonds. The lowest BCUT2D eigenvalue weighted by Crippen LogP contribution is -2.37. The fourth-order valence-electron chi connectivity index (χ4n) is 2.51. The third-order valence-corrected chi connectivity index (χ3v) is 4.17. The predicted molar refractivity (Wildman–Crippen MR) is 85.4 cm³/mol. The lowest BCUT2D eigenvalue weighted by molar-refractivity contribution is 0.685. The van der Waals surface area contributed by atoms with Gasteiger partial charge in [-0.3, -0.25) is 13.9 Å². The zero-order valence-electron chi connectivity index (χ0n) is 12.3. The van der Waals surface area contributed by atoms with E-state index < -0.39 is 0 Å². The van der Waals surface area contributed by atoms with Gasteiger partial charge in [0.2, 0.25) is 0 Å². The number of nitrogens with zero attached hydrogens (tertiary/aromatic N) is 4. The molecule has 0 radical (unpaired) electrons. The highest BCUT2D eigenvalue weighted by atomic mass is 35.5. The molecular formula is C15H15ClN4O2. The minimum Gasteiger partial charge on any atom is -0.324 e. The minimum absolute atomic E-state index is 0.338. The number of hydrogen-bond donors (Lipinski definition) is 0. The standard InChI is InChI=1S/C15H15ClN4O2/c1-18-13-12(14(21)19(2)15(18)22)20(9-17-13)8-7-10-5-3-4-6-11(10)16/h3-6,9H,7-8H2,1-2H3. The highest BCUT2D eigenvalue weighted by molar-refractivity contribution is 6.31. The first-order chi connectivity index (χ1) is 10.5. The fraction of sp³-hybridized carbons (Fsp3) is 0.267. The normalized spacial score (nSPS) is 11.2. The zero-order chi connectivity index (χ0) is 15.9. The summed E-state index contributed by atoms with van der Waals surface area (Å²) in [6, 6.07) is 7.60. The van der Waals surface area contributed by atoms with E-state index >= 15 is 0 Å². The van der Waals surface area contributed by atoms with Gasteiger partial charge in [-0.2, -0.15) is 0 Å². The second kappa shape index (κ2) is 5.46. The number of rotatable bonds is 3. The predicted octanol–water partition coefficient (Wildman–Crippen LogP) is 1.33. The molecule has 22 heavy (non-hydrogen) atoms. The number of imidazole rings is 1. The fourth-order valence-corrected chi connectivity index (χ4v) is 2.74. The van der Waals surface area contributed by atoms with Crippen LogP contribution in [0.3, 0.4) is 0 Å². The van der Waals surface area contributed by atoms with Gasteiger partial charge >= 0.3 is 5.69 Å². The summed E-state index contributed by atoms with van der Waals surface area (Å²) in [6.07, 6.45) is 2.26. The molecule has 0 unspecified atom stereocenters. The summed E-state index contributed by atoms with van der Waals surface area (Å²) in [5.41, 5.74) is 1.11. The van der Waals surface area contributed by atoms with Gasteiger partial charge < -0.3 is 4.57 Å².